The molecule has 1 amide bonds. The van der Waals surface area contributed by atoms with Crippen LogP contribution in [0.5, 0.6) is 0 Å². The van der Waals surface area contributed by atoms with Crippen LogP contribution in [-0.4, -0.2) is 30.0 Å². The average molecular weight is 341 g/mol. The van der Waals surface area contributed by atoms with Crippen molar-refractivity contribution in [3.8, 4) is 0 Å². The van der Waals surface area contributed by atoms with Crippen LogP contribution < -0.4 is 0 Å². The third-order valence-electron chi connectivity index (χ3n) is 5.90. The van der Waals surface area contributed by atoms with E-state index in [4.69, 9.17) is 4.74 Å². The SMILES string of the molecule is C=CC1(CC(=O)N2CCCC2COCc2ccccc2)CCCCC1. The van der Waals surface area contributed by atoms with Crippen LogP contribution in [-0.2, 0) is 16.1 Å². The molecule has 1 unspecified atom stereocenters. The van der Waals surface area contributed by atoms with Crippen molar-refractivity contribution in [2.45, 2.75) is 64.0 Å². The van der Waals surface area contributed by atoms with Crippen LogP contribution in [0.2, 0.25) is 0 Å². The first-order valence-electron chi connectivity index (χ1n) is 9.77. The van der Waals surface area contributed by atoms with Gasteiger partial charge in [0.25, 0.3) is 0 Å². The molecule has 2 aliphatic rings. The first-order valence-corrected chi connectivity index (χ1v) is 9.77. The van der Waals surface area contributed by atoms with Gasteiger partial charge in [0.15, 0.2) is 0 Å². The van der Waals surface area contributed by atoms with Gasteiger partial charge >= 0.3 is 0 Å². The van der Waals surface area contributed by atoms with Gasteiger partial charge < -0.3 is 9.64 Å². The van der Waals surface area contributed by atoms with Gasteiger partial charge in [0.05, 0.1) is 19.3 Å². The first-order chi connectivity index (χ1) is 12.2. The number of nitrogens with zero attached hydrogens (tertiary/aromatic N) is 1. The van der Waals surface area contributed by atoms with E-state index in [0.717, 1.165) is 32.2 Å². The zero-order valence-corrected chi connectivity index (χ0v) is 15.3. The third kappa shape index (κ3) is 4.72. The summed E-state index contributed by atoms with van der Waals surface area (Å²) < 4.78 is 5.91. The second-order valence-corrected chi connectivity index (χ2v) is 7.69. The van der Waals surface area contributed by atoms with E-state index in [0.29, 0.717) is 25.5 Å². The van der Waals surface area contributed by atoms with Crippen molar-refractivity contribution < 1.29 is 9.53 Å². The molecule has 1 aliphatic heterocycles. The summed E-state index contributed by atoms with van der Waals surface area (Å²) in [5.74, 6) is 0.299. The number of allylic oxidation sites excluding steroid dienone is 1. The normalized spacial score (nSPS) is 22.7. The summed E-state index contributed by atoms with van der Waals surface area (Å²) in [5.41, 5.74) is 1.22. The highest BCUT2D eigenvalue weighted by molar-refractivity contribution is 5.78. The van der Waals surface area contributed by atoms with E-state index < -0.39 is 0 Å². The topological polar surface area (TPSA) is 29.5 Å². The number of hydrogen-bond acceptors (Lipinski definition) is 2. The summed E-state index contributed by atoms with van der Waals surface area (Å²) in [6, 6.07) is 10.5. The van der Waals surface area contributed by atoms with Crippen molar-refractivity contribution in [3.63, 3.8) is 0 Å². The van der Waals surface area contributed by atoms with Crippen molar-refractivity contribution in [3.05, 3.63) is 48.6 Å². The molecule has 1 aromatic rings. The second kappa shape index (κ2) is 8.66. The summed E-state index contributed by atoms with van der Waals surface area (Å²) in [6.07, 6.45) is 10.8. The highest BCUT2D eigenvalue weighted by atomic mass is 16.5. The smallest absolute Gasteiger partial charge is 0.223 e. The fourth-order valence-corrected chi connectivity index (χ4v) is 4.34. The lowest BCUT2D eigenvalue weighted by Gasteiger charge is -2.36. The molecule has 25 heavy (non-hydrogen) atoms. The molecule has 1 aliphatic carbocycles. The molecule has 2 fully saturated rings. The van der Waals surface area contributed by atoms with Gasteiger partial charge in [-0.25, -0.2) is 0 Å². The van der Waals surface area contributed by atoms with Gasteiger partial charge in [-0.3, -0.25) is 4.79 Å². The number of carbonyl (C=O) groups excluding carboxylic acids is 1. The van der Waals surface area contributed by atoms with Crippen molar-refractivity contribution in [2.75, 3.05) is 13.2 Å². The van der Waals surface area contributed by atoms with Crippen LogP contribution >= 0.6 is 0 Å². The fraction of sp³-hybridized carbons (Fsp3) is 0.591. The standard InChI is InChI=1S/C22H31NO2/c1-2-22(13-7-4-8-14-22)16-21(24)23-15-9-12-20(23)18-25-17-19-10-5-3-6-11-19/h2-3,5-6,10-11,20H,1,4,7-9,12-18H2. The zero-order valence-electron chi connectivity index (χ0n) is 15.3. The minimum Gasteiger partial charge on any atom is -0.375 e. The average Bonchev–Trinajstić information content (AvgIpc) is 3.12. The molecule has 136 valence electrons. The number of hydrogen-bond donors (Lipinski definition) is 0. The summed E-state index contributed by atoms with van der Waals surface area (Å²) in [4.78, 5) is 15.0. The number of rotatable bonds is 7. The summed E-state index contributed by atoms with van der Waals surface area (Å²) in [6.45, 7) is 6.18. The molecule has 3 nitrogen and oxygen atoms in total. The lowest BCUT2D eigenvalue weighted by atomic mass is 9.71. The largest absolute Gasteiger partial charge is 0.375 e. The number of amides is 1. The lowest BCUT2D eigenvalue weighted by molar-refractivity contribution is -0.135. The molecule has 0 N–H and O–H groups in total. The molecule has 1 aromatic carbocycles. The van der Waals surface area contributed by atoms with E-state index in [1.165, 1.54) is 24.8 Å². The Labute approximate surface area is 152 Å². The minimum absolute atomic E-state index is 0.0351. The van der Waals surface area contributed by atoms with E-state index in [1.54, 1.807) is 0 Å². The van der Waals surface area contributed by atoms with Gasteiger partial charge in [-0.2, -0.15) is 0 Å². The van der Waals surface area contributed by atoms with Crippen molar-refractivity contribution >= 4 is 5.91 Å². The van der Waals surface area contributed by atoms with Crippen LogP contribution in [0.4, 0.5) is 0 Å². The van der Waals surface area contributed by atoms with E-state index in [1.807, 2.05) is 18.2 Å². The molecule has 1 heterocycles. The Kier molecular flexibility index (Phi) is 6.30. The van der Waals surface area contributed by atoms with Gasteiger partial charge in [-0.1, -0.05) is 55.7 Å². The van der Waals surface area contributed by atoms with Gasteiger partial charge in [0, 0.05) is 13.0 Å². The quantitative estimate of drug-likeness (QED) is 0.672. The number of likely N-dealkylation sites (tertiary alicyclic amines) is 1. The third-order valence-corrected chi connectivity index (χ3v) is 5.90. The Morgan fingerprint density at radius 3 is 2.68 bits per heavy atom. The molecule has 1 atom stereocenters. The van der Waals surface area contributed by atoms with Crippen LogP contribution in [0.15, 0.2) is 43.0 Å². The maximum Gasteiger partial charge on any atom is 0.223 e. The van der Waals surface area contributed by atoms with Crippen LogP contribution in [0.25, 0.3) is 0 Å². The van der Waals surface area contributed by atoms with Gasteiger partial charge in [-0.15, -0.1) is 6.58 Å². The molecule has 3 rings (SSSR count). The fourth-order valence-electron chi connectivity index (χ4n) is 4.34. The maximum atomic E-state index is 12.9. The van der Waals surface area contributed by atoms with Crippen LogP contribution in [0.3, 0.4) is 0 Å². The van der Waals surface area contributed by atoms with Crippen molar-refractivity contribution in [1.82, 2.24) is 4.90 Å². The zero-order chi connectivity index (χ0) is 17.5. The molecule has 0 aromatic heterocycles. The summed E-state index contributed by atoms with van der Waals surface area (Å²) >= 11 is 0. The Morgan fingerprint density at radius 2 is 1.96 bits per heavy atom. The van der Waals surface area contributed by atoms with Crippen LogP contribution in [0, 0.1) is 5.41 Å². The van der Waals surface area contributed by atoms with E-state index in [2.05, 4.69) is 29.7 Å². The van der Waals surface area contributed by atoms with Gasteiger partial charge in [-0.05, 0) is 36.7 Å². The molecule has 0 bridgehead atoms. The molecule has 3 heteroatoms. The summed E-state index contributed by atoms with van der Waals surface area (Å²) in [7, 11) is 0. The highest BCUT2D eigenvalue weighted by Gasteiger charge is 2.36. The number of ether oxygens (including phenoxy) is 1. The molecule has 1 saturated heterocycles. The predicted octanol–water partition coefficient (Wildman–Crippen LogP) is 4.72. The Balaban J connectivity index is 1.51. The van der Waals surface area contributed by atoms with Gasteiger partial charge in [0.2, 0.25) is 5.91 Å². The van der Waals surface area contributed by atoms with Crippen molar-refractivity contribution in [1.29, 1.82) is 0 Å². The molecular weight excluding hydrogens is 310 g/mol. The molecule has 0 spiro atoms. The number of carbonyl (C=O) groups is 1. The molecule has 0 radical (unpaired) electrons. The second-order valence-electron chi connectivity index (χ2n) is 7.69. The number of benzene rings is 1. The van der Waals surface area contributed by atoms with E-state index in [-0.39, 0.29) is 11.5 Å². The lowest BCUT2D eigenvalue weighted by Crippen LogP contribution is -2.41. The molecule has 1 saturated carbocycles. The Bertz CT molecular complexity index is 563. The van der Waals surface area contributed by atoms with Crippen molar-refractivity contribution in [2.24, 2.45) is 5.41 Å². The minimum atomic E-state index is 0.0351. The van der Waals surface area contributed by atoms with Gasteiger partial charge in [0.1, 0.15) is 0 Å². The van der Waals surface area contributed by atoms with E-state index in [9.17, 15) is 4.79 Å². The van der Waals surface area contributed by atoms with Crippen LogP contribution in [0.1, 0.15) is 56.9 Å². The Morgan fingerprint density at radius 1 is 1.20 bits per heavy atom. The summed E-state index contributed by atoms with van der Waals surface area (Å²) in [5, 5.41) is 0. The maximum absolute atomic E-state index is 12.9. The first kappa shape index (κ1) is 18.2. The monoisotopic (exact) mass is 341 g/mol. The van der Waals surface area contributed by atoms with E-state index >= 15 is 0 Å². The highest BCUT2D eigenvalue weighted by Crippen LogP contribution is 2.41. The Hall–Kier alpha value is -1.61. The molecular formula is C22H31NO2. The predicted molar refractivity (Wildman–Crippen MR) is 101 cm³/mol.